The number of nitrogens with zero attached hydrogens (tertiary/aromatic N) is 3. The van der Waals surface area contributed by atoms with Gasteiger partial charge in [-0.05, 0) is 56.5 Å². The molecule has 0 radical (unpaired) electrons. The molecule has 5 rings (SSSR count). The Bertz CT molecular complexity index is 1350. The number of hydrogen-bond donors (Lipinski definition) is 0. The van der Waals surface area contributed by atoms with Gasteiger partial charge in [0.2, 0.25) is 5.28 Å². The van der Waals surface area contributed by atoms with Gasteiger partial charge in [-0.25, -0.2) is 4.98 Å². The SMILES string of the molecule is Cc1ccc(S(=O)(=O)OCC2(C)CCC(C)(c3cc4nc(Cl)nc(N5CCOCC5)c4s3)OC2)cc1. The maximum absolute atomic E-state index is 12.7. The van der Waals surface area contributed by atoms with E-state index in [0.717, 1.165) is 52.4 Å². The number of ether oxygens (including phenoxy) is 2. The first-order chi connectivity index (χ1) is 17.1. The molecule has 2 unspecified atom stereocenters. The maximum atomic E-state index is 12.7. The number of hydrogen-bond acceptors (Lipinski definition) is 9. The van der Waals surface area contributed by atoms with Gasteiger partial charge in [0.25, 0.3) is 10.1 Å². The van der Waals surface area contributed by atoms with Gasteiger partial charge in [-0.15, -0.1) is 11.3 Å². The van der Waals surface area contributed by atoms with Gasteiger partial charge in [0, 0.05) is 23.4 Å². The molecule has 2 fully saturated rings. The topological polar surface area (TPSA) is 90.9 Å². The second-order valence-corrected chi connectivity index (χ2v) is 13.1. The Kier molecular flexibility index (Phi) is 7.03. The Hall–Kier alpha value is -1.82. The van der Waals surface area contributed by atoms with E-state index in [2.05, 4.69) is 21.8 Å². The van der Waals surface area contributed by atoms with Crippen molar-refractivity contribution in [1.29, 1.82) is 0 Å². The molecule has 0 N–H and O–H groups in total. The monoisotopic (exact) mass is 551 g/mol. The molecule has 2 atom stereocenters. The first-order valence-electron chi connectivity index (χ1n) is 12.0. The first kappa shape index (κ1) is 25.8. The first-order valence-corrected chi connectivity index (χ1v) is 14.6. The van der Waals surface area contributed by atoms with E-state index < -0.39 is 21.1 Å². The van der Waals surface area contributed by atoms with E-state index in [1.54, 1.807) is 35.6 Å². The maximum Gasteiger partial charge on any atom is 0.296 e. The van der Waals surface area contributed by atoms with E-state index in [1.807, 2.05) is 19.9 Å². The molecule has 8 nitrogen and oxygen atoms in total. The second kappa shape index (κ2) is 9.81. The number of aryl methyl sites for hydroxylation is 1. The molecule has 0 amide bonds. The lowest BCUT2D eigenvalue weighted by molar-refractivity contribution is -0.130. The Morgan fingerprint density at radius 2 is 1.86 bits per heavy atom. The summed E-state index contributed by atoms with van der Waals surface area (Å²) in [5, 5.41) is 0.225. The smallest absolute Gasteiger partial charge is 0.296 e. The van der Waals surface area contributed by atoms with Crippen molar-refractivity contribution < 1.29 is 22.1 Å². The number of rotatable bonds is 6. The lowest BCUT2D eigenvalue weighted by atomic mass is 9.79. The Morgan fingerprint density at radius 3 is 2.53 bits per heavy atom. The quantitative estimate of drug-likeness (QED) is 0.315. The Labute approximate surface area is 220 Å². The van der Waals surface area contributed by atoms with Crippen LogP contribution in [-0.4, -0.2) is 57.9 Å². The molecule has 0 bridgehead atoms. The van der Waals surface area contributed by atoms with Crippen molar-refractivity contribution >= 4 is 49.1 Å². The average Bonchev–Trinajstić information content (AvgIpc) is 3.30. The molecule has 2 aliphatic rings. The number of thiophene rings is 1. The van der Waals surface area contributed by atoms with E-state index in [9.17, 15) is 8.42 Å². The molecule has 1 aromatic carbocycles. The number of fused-ring (bicyclic) bond motifs is 1. The van der Waals surface area contributed by atoms with Crippen molar-refractivity contribution in [2.24, 2.45) is 5.41 Å². The molecule has 2 saturated heterocycles. The van der Waals surface area contributed by atoms with Gasteiger partial charge < -0.3 is 14.4 Å². The lowest BCUT2D eigenvalue weighted by Crippen LogP contribution is -2.42. The van der Waals surface area contributed by atoms with Gasteiger partial charge in [0.1, 0.15) is 0 Å². The summed E-state index contributed by atoms with van der Waals surface area (Å²) in [4.78, 5) is 12.4. The highest BCUT2D eigenvalue weighted by Gasteiger charge is 2.42. The highest BCUT2D eigenvalue weighted by Crippen LogP contribution is 2.46. The number of halogens is 1. The van der Waals surface area contributed by atoms with Crippen LogP contribution in [0.3, 0.4) is 0 Å². The van der Waals surface area contributed by atoms with Crippen LogP contribution in [0.25, 0.3) is 10.2 Å². The van der Waals surface area contributed by atoms with Crippen LogP contribution in [0.15, 0.2) is 35.2 Å². The number of aromatic nitrogens is 2. The van der Waals surface area contributed by atoms with Crippen LogP contribution in [-0.2, 0) is 29.4 Å². The van der Waals surface area contributed by atoms with Crippen LogP contribution in [0, 0.1) is 12.3 Å². The number of benzene rings is 1. The fourth-order valence-corrected chi connectivity index (χ4v) is 6.92. The van der Waals surface area contributed by atoms with Gasteiger partial charge in [0.15, 0.2) is 5.82 Å². The predicted octanol–water partition coefficient (Wildman–Crippen LogP) is 4.93. The summed E-state index contributed by atoms with van der Waals surface area (Å²) in [5.74, 6) is 0.837. The summed E-state index contributed by atoms with van der Waals surface area (Å²) in [5.41, 5.74) is 0.862. The molecular weight excluding hydrogens is 522 g/mol. The molecule has 0 saturated carbocycles. The normalized spacial score (nSPS) is 25.4. The lowest BCUT2D eigenvalue weighted by Gasteiger charge is -2.42. The third-order valence-electron chi connectivity index (χ3n) is 6.98. The van der Waals surface area contributed by atoms with Crippen molar-refractivity contribution in [3.8, 4) is 0 Å². The molecule has 2 aliphatic heterocycles. The minimum atomic E-state index is -3.83. The predicted molar refractivity (Wildman–Crippen MR) is 140 cm³/mol. The van der Waals surface area contributed by atoms with Crippen LogP contribution in [0.2, 0.25) is 5.28 Å². The van der Waals surface area contributed by atoms with Crippen LogP contribution in [0.4, 0.5) is 5.82 Å². The molecule has 194 valence electrons. The minimum absolute atomic E-state index is 0.0635. The average molecular weight is 552 g/mol. The third kappa shape index (κ3) is 5.25. The zero-order valence-electron chi connectivity index (χ0n) is 20.6. The number of morpholine rings is 1. The summed E-state index contributed by atoms with van der Waals surface area (Å²) in [7, 11) is -3.83. The zero-order chi connectivity index (χ0) is 25.6. The minimum Gasteiger partial charge on any atom is -0.378 e. The number of anilines is 1. The van der Waals surface area contributed by atoms with Crippen LogP contribution in [0.1, 0.15) is 37.1 Å². The third-order valence-corrected chi connectivity index (χ3v) is 9.79. The van der Waals surface area contributed by atoms with E-state index in [1.165, 1.54) is 0 Å². The van der Waals surface area contributed by atoms with E-state index in [4.69, 9.17) is 25.3 Å². The van der Waals surface area contributed by atoms with E-state index >= 15 is 0 Å². The molecule has 0 aliphatic carbocycles. The summed E-state index contributed by atoms with van der Waals surface area (Å²) in [6, 6.07) is 8.71. The summed E-state index contributed by atoms with van der Waals surface area (Å²) < 4.78 is 43.7. The standard InChI is InChI=1S/C25H30ClN3O5S2/c1-17-4-6-18(7-5-17)36(30,31)34-16-24(2)8-9-25(3,33-15-24)20-14-19-21(35-20)22(28-23(26)27-19)29-10-12-32-13-11-29/h4-7,14H,8-13,15-16H2,1-3H3. The highest BCUT2D eigenvalue weighted by atomic mass is 35.5. The summed E-state index contributed by atoms with van der Waals surface area (Å²) in [6.07, 6.45) is 1.47. The van der Waals surface area contributed by atoms with Gasteiger partial charge in [0.05, 0.1) is 47.1 Å². The van der Waals surface area contributed by atoms with Crippen molar-refractivity contribution in [3.05, 3.63) is 46.1 Å². The van der Waals surface area contributed by atoms with Gasteiger partial charge in [-0.3, -0.25) is 4.18 Å². The fraction of sp³-hybridized carbons (Fsp3) is 0.520. The highest BCUT2D eigenvalue weighted by molar-refractivity contribution is 7.86. The molecule has 11 heteroatoms. The zero-order valence-corrected chi connectivity index (χ0v) is 23.0. The fourth-order valence-electron chi connectivity index (χ4n) is 4.46. The van der Waals surface area contributed by atoms with E-state index in [-0.39, 0.29) is 16.8 Å². The molecule has 4 heterocycles. The van der Waals surface area contributed by atoms with Crippen LogP contribution < -0.4 is 4.90 Å². The molecule has 36 heavy (non-hydrogen) atoms. The summed E-state index contributed by atoms with van der Waals surface area (Å²) in [6.45, 7) is 9.26. The Balaban J connectivity index is 1.30. The van der Waals surface area contributed by atoms with Gasteiger partial charge in [-0.2, -0.15) is 13.4 Å². The molecule has 3 aromatic rings. The molecular formula is C25H30ClN3O5S2. The largest absolute Gasteiger partial charge is 0.378 e. The van der Waals surface area contributed by atoms with Crippen LogP contribution in [0.5, 0.6) is 0 Å². The molecule has 2 aromatic heterocycles. The van der Waals surface area contributed by atoms with Crippen molar-refractivity contribution in [2.45, 2.75) is 44.1 Å². The van der Waals surface area contributed by atoms with Gasteiger partial charge in [-0.1, -0.05) is 24.6 Å². The van der Waals surface area contributed by atoms with Crippen LogP contribution >= 0.6 is 22.9 Å². The summed E-state index contributed by atoms with van der Waals surface area (Å²) >= 11 is 7.89. The van der Waals surface area contributed by atoms with E-state index in [0.29, 0.717) is 19.8 Å². The second-order valence-electron chi connectivity index (χ2n) is 10.1. The van der Waals surface area contributed by atoms with Crippen molar-refractivity contribution in [3.63, 3.8) is 0 Å². The van der Waals surface area contributed by atoms with Gasteiger partial charge >= 0.3 is 0 Å². The van der Waals surface area contributed by atoms with Crippen molar-refractivity contribution in [2.75, 3.05) is 44.4 Å². The Morgan fingerprint density at radius 1 is 1.14 bits per heavy atom. The van der Waals surface area contributed by atoms with Crippen molar-refractivity contribution in [1.82, 2.24) is 9.97 Å². The molecule has 0 spiro atoms.